The Bertz CT molecular complexity index is 790. The van der Waals surface area contributed by atoms with E-state index in [0.29, 0.717) is 42.5 Å². The van der Waals surface area contributed by atoms with Gasteiger partial charge >= 0.3 is 6.03 Å². The van der Waals surface area contributed by atoms with Crippen LogP contribution in [0.3, 0.4) is 0 Å². The van der Waals surface area contributed by atoms with Crippen molar-refractivity contribution in [2.45, 2.75) is 0 Å². The fraction of sp³-hybridized carbons (Fsp3) is 0.263. The van der Waals surface area contributed by atoms with Gasteiger partial charge in [-0.05, 0) is 30.3 Å². The highest BCUT2D eigenvalue weighted by molar-refractivity contribution is 6.32. The predicted octanol–water partition coefficient (Wildman–Crippen LogP) is 3.34. The summed E-state index contributed by atoms with van der Waals surface area (Å²) >= 11 is 6.10. The highest BCUT2D eigenvalue weighted by atomic mass is 35.5. The maximum absolute atomic E-state index is 12.6. The Hall–Kier alpha value is -2.73. The topological polar surface area (TPSA) is 61.9 Å². The molecule has 1 aliphatic heterocycles. The molecule has 1 aliphatic rings. The average molecular weight is 374 g/mol. The molecule has 0 spiro atoms. The number of rotatable bonds is 3. The Morgan fingerprint density at radius 2 is 1.65 bits per heavy atom. The van der Waals surface area contributed by atoms with Gasteiger partial charge in [0.2, 0.25) is 0 Å². The SMILES string of the molecule is COc1ccc(C(=O)N2CCN(C(=O)Nc3ccccc3)CC2)cc1Cl. The van der Waals surface area contributed by atoms with Gasteiger partial charge in [-0.25, -0.2) is 4.79 Å². The van der Waals surface area contributed by atoms with Gasteiger partial charge in [0, 0.05) is 37.4 Å². The van der Waals surface area contributed by atoms with Crippen molar-refractivity contribution in [1.82, 2.24) is 9.80 Å². The molecule has 1 N–H and O–H groups in total. The van der Waals surface area contributed by atoms with Gasteiger partial charge in [0.05, 0.1) is 12.1 Å². The molecule has 2 aromatic rings. The van der Waals surface area contributed by atoms with Crippen molar-refractivity contribution in [3.05, 3.63) is 59.1 Å². The van der Waals surface area contributed by atoms with E-state index < -0.39 is 0 Å². The summed E-state index contributed by atoms with van der Waals surface area (Å²) in [6.07, 6.45) is 0. The number of carbonyl (C=O) groups excluding carboxylic acids is 2. The molecule has 0 radical (unpaired) electrons. The summed E-state index contributed by atoms with van der Waals surface area (Å²) in [7, 11) is 1.53. The number of ether oxygens (including phenoxy) is 1. The molecular weight excluding hydrogens is 354 g/mol. The van der Waals surface area contributed by atoms with E-state index in [0.717, 1.165) is 5.69 Å². The number of nitrogens with zero attached hydrogens (tertiary/aromatic N) is 2. The second-order valence-electron chi connectivity index (χ2n) is 5.92. The minimum Gasteiger partial charge on any atom is -0.495 e. The molecule has 0 bridgehead atoms. The van der Waals surface area contributed by atoms with Gasteiger partial charge in [-0.15, -0.1) is 0 Å². The lowest BCUT2D eigenvalue weighted by molar-refractivity contribution is 0.0671. The van der Waals surface area contributed by atoms with Crippen LogP contribution in [0.2, 0.25) is 5.02 Å². The largest absolute Gasteiger partial charge is 0.495 e. The summed E-state index contributed by atoms with van der Waals surface area (Å²) in [6, 6.07) is 14.1. The first-order valence-corrected chi connectivity index (χ1v) is 8.70. The third-order valence-electron chi connectivity index (χ3n) is 4.28. The van der Waals surface area contributed by atoms with Crippen LogP contribution in [0.15, 0.2) is 48.5 Å². The molecule has 1 heterocycles. The molecule has 0 saturated carbocycles. The zero-order valence-corrected chi connectivity index (χ0v) is 15.2. The number of hydrogen-bond acceptors (Lipinski definition) is 3. The van der Waals surface area contributed by atoms with Crippen LogP contribution < -0.4 is 10.1 Å². The van der Waals surface area contributed by atoms with Crippen LogP contribution in [0, 0.1) is 0 Å². The third-order valence-corrected chi connectivity index (χ3v) is 4.57. The summed E-state index contributed by atoms with van der Waals surface area (Å²) in [4.78, 5) is 28.4. The zero-order valence-electron chi connectivity index (χ0n) is 14.4. The summed E-state index contributed by atoms with van der Waals surface area (Å²) in [5.74, 6) is 0.434. The Kier molecular flexibility index (Phi) is 5.63. The van der Waals surface area contributed by atoms with Crippen LogP contribution in [-0.4, -0.2) is 55.0 Å². The second kappa shape index (κ2) is 8.10. The molecule has 0 atom stereocenters. The molecule has 3 rings (SSSR count). The van der Waals surface area contributed by atoms with E-state index in [1.165, 1.54) is 7.11 Å². The van der Waals surface area contributed by atoms with Gasteiger partial charge in [0.15, 0.2) is 0 Å². The van der Waals surface area contributed by atoms with Gasteiger partial charge in [-0.3, -0.25) is 4.79 Å². The zero-order chi connectivity index (χ0) is 18.5. The Morgan fingerprint density at radius 1 is 1.00 bits per heavy atom. The maximum Gasteiger partial charge on any atom is 0.321 e. The number of nitrogens with one attached hydrogen (secondary N) is 1. The van der Waals surface area contributed by atoms with E-state index in [-0.39, 0.29) is 11.9 Å². The minimum atomic E-state index is -0.157. The number of benzene rings is 2. The van der Waals surface area contributed by atoms with Crippen molar-refractivity contribution in [3.63, 3.8) is 0 Å². The van der Waals surface area contributed by atoms with E-state index in [1.54, 1.807) is 28.0 Å². The maximum atomic E-state index is 12.6. The second-order valence-corrected chi connectivity index (χ2v) is 6.33. The van der Waals surface area contributed by atoms with Gasteiger partial charge in [0.1, 0.15) is 5.75 Å². The number of anilines is 1. The van der Waals surface area contributed by atoms with E-state index in [4.69, 9.17) is 16.3 Å². The lowest BCUT2D eigenvalue weighted by Gasteiger charge is -2.34. The normalized spacial score (nSPS) is 14.1. The molecule has 136 valence electrons. The van der Waals surface area contributed by atoms with Gasteiger partial charge < -0.3 is 19.9 Å². The van der Waals surface area contributed by atoms with Crippen molar-refractivity contribution < 1.29 is 14.3 Å². The summed E-state index contributed by atoms with van der Waals surface area (Å²) in [6.45, 7) is 1.91. The van der Waals surface area contributed by atoms with Crippen LogP contribution in [-0.2, 0) is 0 Å². The van der Waals surface area contributed by atoms with E-state index >= 15 is 0 Å². The van der Waals surface area contributed by atoms with Crippen molar-refractivity contribution >= 4 is 29.2 Å². The van der Waals surface area contributed by atoms with E-state index in [1.807, 2.05) is 30.3 Å². The van der Waals surface area contributed by atoms with E-state index in [2.05, 4.69) is 5.32 Å². The standard InChI is InChI=1S/C19H20ClN3O3/c1-26-17-8-7-14(13-16(17)20)18(24)22-9-11-23(12-10-22)19(25)21-15-5-3-2-4-6-15/h2-8,13H,9-12H2,1H3,(H,21,25). The van der Waals surface area contributed by atoms with Crippen LogP contribution >= 0.6 is 11.6 Å². The molecule has 0 aromatic heterocycles. The Morgan fingerprint density at radius 3 is 2.27 bits per heavy atom. The van der Waals surface area contributed by atoms with Gasteiger partial charge in [-0.2, -0.15) is 0 Å². The molecule has 1 saturated heterocycles. The van der Waals surface area contributed by atoms with Crippen molar-refractivity contribution in [2.24, 2.45) is 0 Å². The van der Waals surface area contributed by atoms with Gasteiger partial charge in [0.25, 0.3) is 5.91 Å². The molecule has 6 nitrogen and oxygen atoms in total. The number of urea groups is 1. The number of para-hydroxylation sites is 1. The first-order valence-electron chi connectivity index (χ1n) is 8.32. The molecule has 0 unspecified atom stereocenters. The third kappa shape index (κ3) is 4.08. The highest BCUT2D eigenvalue weighted by Crippen LogP contribution is 2.25. The Labute approximate surface area is 157 Å². The lowest BCUT2D eigenvalue weighted by atomic mass is 10.1. The van der Waals surface area contributed by atoms with Gasteiger partial charge in [-0.1, -0.05) is 29.8 Å². The lowest BCUT2D eigenvalue weighted by Crippen LogP contribution is -2.51. The summed E-state index contributed by atoms with van der Waals surface area (Å²) < 4.78 is 5.11. The van der Waals surface area contributed by atoms with Crippen LogP contribution in [0.4, 0.5) is 10.5 Å². The molecule has 3 amide bonds. The molecule has 1 fully saturated rings. The molecule has 26 heavy (non-hydrogen) atoms. The number of methoxy groups -OCH3 is 1. The molecular formula is C19H20ClN3O3. The van der Waals surface area contributed by atoms with Crippen molar-refractivity contribution in [3.8, 4) is 5.75 Å². The smallest absolute Gasteiger partial charge is 0.321 e. The molecule has 2 aromatic carbocycles. The Balaban J connectivity index is 1.57. The summed E-state index contributed by atoms with van der Waals surface area (Å²) in [5, 5.41) is 3.26. The first-order chi connectivity index (χ1) is 12.6. The summed E-state index contributed by atoms with van der Waals surface area (Å²) in [5.41, 5.74) is 1.27. The average Bonchev–Trinajstić information content (AvgIpc) is 2.68. The fourth-order valence-corrected chi connectivity index (χ4v) is 3.08. The number of amides is 3. The number of piperazine rings is 1. The minimum absolute atomic E-state index is 0.0994. The van der Waals surface area contributed by atoms with E-state index in [9.17, 15) is 9.59 Å². The number of halogens is 1. The molecule has 7 heteroatoms. The monoisotopic (exact) mass is 373 g/mol. The van der Waals surface area contributed by atoms with Crippen molar-refractivity contribution in [2.75, 3.05) is 38.6 Å². The first kappa shape index (κ1) is 18.1. The predicted molar refractivity (Wildman–Crippen MR) is 101 cm³/mol. The van der Waals surface area contributed by atoms with Crippen LogP contribution in [0.1, 0.15) is 10.4 Å². The fourth-order valence-electron chi connectivity index (χ4n) is 2.82. The highest BCUT2D eigenvalue weighted by Gasteiger charge is 2.25. The van der Waals surface area contributed by atoms with Crippen LogP contribution in [0.25, 0.3) is 0 Å². The number of carbonyl (C=O) groups is 2. The molecule has 0 aliphatic carbocycles. The van der Waals surface area contributed by atoms with Crippen molar-refractivity contribution in [1.29, 1.82) is 0 Å². The number of hydrogen-bond donors (Lipinski definition) is 1. The van der Waals surface area contributed by atoms with Crippen LogP contribution in [0.5, 0.6) is 5.75 Å². The quantitative estimate of drug-likeness (QED) is 0.897.